The number of rotatable bonds is 5. The van der Waals surface area contributed by atoms with Gasteiger partial charge in [-0.05, 0) is 57.2 Å². The van der Waals surface area contributed by atoms with E-state index < -0.39 is 11.6 Å². The molecule has 1 aromatic rings. The van der Waals surface area contributed by atoms with Crippen LogP contribution < -0.4 is 0 Å². The van der Waals surface area contributed by atoms with Gasteiger partial charge in [-0.25, -0.2) is 9.59 Å². The van der Waals surface area contributed by atoms with Gasteiger partial charge in [-0.1, -0.05) is 31.4 Å². The molecule has 0 atom stereocenters. The van der Waals surface area contributed by atoms with Crippen LogP contribution in [0.4, 0.5) is 4.79 Å². The summed E-state index contributed by atoms with van der Waals surface area (Å²) in [6.45, 7) is 6.73. The van der Waals surface area contributed by atoms with E-state index in [0.717, 1.165) is 18.4 Å². The number of amides is 1. The van der Waals surface area contributed by atoms with E-state index in [2.05, 4.69) is 0 Å². The van der Waals surface area contributed by atoms with Crippen molar-refractivity contribution in [3.63, 3.8) is 0 Å². The highest BCUT2D eigenvalue weighted by Crippen LogP contribution is 2.26. The summed E-state index contributed by atoms with van der Waals surface area (Å²) in [6, 6.07) is 6.68. The standard InChI is InChI=1S/C20H29NO4/c1-20(2,3)25-19(24)21(13-15-7-5-4-6-8-15)14-16-9-11-17(12-10-16)18(22)23/h9-12,15H,4-8,13-14H2,1-3H3,(H,22,23). The van der Waals surface area contributed by atoms with Gasteiger partial charge in [0.05, 0.1) is 5.56 Å². The summed E-state index contributed by atoms with van der Waals surface area (Å²) in [5.41, 5.74) is 0.626. The predicted molar refractivity (Wildman–Crippen MR) is 96.6 cm³/mol. The van der Waals surface area contributed by atoms with Gasteiger partial charge in [-0.2, -0.15) is 0 Å². The Morgan fingerprint density at radius 1 is 1.12 bits per heavy atom. The zero-order chi connectivity index (χ0) is 18.4. The fraction of sp³-hybridized carbons (Fsp3) is 0.600. The molecule has 0 aliphatic heterocycles. The van der Waals surface area contributed by atoms with E-state index in [1.165, 1.54) is 19.3 Å². The Balaban J connectivity index is 2.09. The van der Waals surface area contributed by atoms with E-state index in [0.29, 0.717) is 19.0 Å². The Morgan fingerprint density at radius 3 is 2.24 bits per heavy atom. The lowest BCUT2D eigenvalue weighted by atomic mass is 9.89. The third kappa shape index (κ3) is 6.40. The van der Waals surface area contributed by atoms with Crippen molar-refractivity contribution in [1.82, 2.24) is 4.90 Å². The summed E-state index contributed by atoms with van der Waals surface area (Å²) in [4.78, 5) is 25.4. The average molecular weight is 347 g/mol. The topological polar surface area (TPSA) is 66.8 Å². The summed E-state index contributed by atoms with van der Waals surface area (Å²) >= 11 is 0. The molecular weight excluding hydrogens is 318 g/mol. The third-order valence-corrected chi connectivity index (χ3v) is 4.43. The minimum atomic E-state index is -0.947. The van der Waals surface area contributed by atoms with Crippen molar-refractivity contribution >= 4 is 12.1 Å². The molecule has 1 aliphatic carbocycles. The first-order valence-corrected chi connectivity index (χ1v) is 9.05. The average Bonchev–Trinajstić information content (AvgIpc) is 2.54. The summed E-state index contributed by atoms with van der Waals surface area (Å²) in [7, 11) is 0. The van der Waals surface area contributed by atoms with Gasteiger partial charge in [0.2, 0.25) is 0 Å². The monoisotopic (exact) mass is 347 g/mol. The SMILES string of the molecule is CC(C)(C)OC(=O)N(Cc1ccc(C(=O)O)cc1)CC1CCCCC1. The first kappa shape index (κ1) is 19.3. The van der Waals surface area contributed by atoms with E-state index >= 15 is 0 Å². The Morgan fingerprint density at radius 2 is 1.72 bits per heavy atom. The Hall–Kier alpha value is -2.04. The number of carboxylic acids is 1. The molecule has 0 bridgehead atoms. The molecule has 2 rings (SSSR count). The predicted octanol–water partition coefficient (Wildman–Crippen LogP) is 4.70. The third-order valence-electron chi connectivity index (χ3n) is 4.43. The quantitative estimate of drug-likeness (QED) is 0.838. The summed E-state index contributed by atoms with van der Waals surface area (Å²) < 4.78 is 5.57. The summed E-state index contributed by atoms with van der Waals surface area (Å²) in [6.07, 6.45) is 5.72. The minimum absolute atomic E-state index is 0.250. The van der Waals surface area contributed by atoms with E-state index in [4.69, 9.17) is 9.84 Å². The molecule has 0 saturated heterocycles. The molecule has 0 aromatic heterocycles. The first-order valence-electron chi connectivity index (χ1n) is 9.05. The summed E-state index contributed by atoms with van der Waals surface area (Å²) in [5.74, 6) is -0.433. The van der Waals surface area contributed by atoms with E-state index in [1.807, 2.05) is 20.8 Å². The number of benzene rings is 1. The second kappa shape index (κ2) is 8.37. The molecule has 5 heteroatoms. The number of carbonyl (C=O) groups excluding carboxylic acids is 1. The lowest BCUT2D eigenvalue weighted by Gasteiger charge is -2.31. The Bertz CT molecular complexity index is 583. The van der Waals surface area contributed by atoms with Crippen molar-refractivity contribution in [2.75, 3.05) is 6.54 Å². The number of carboxylic acid groups (broad SMARTS) is 1. The first-order chi connectivity index (χ1) is 11.7. The van der Waals surface area contributed by atoms with Crippen LogP contribution in [0.2, 0.25) is 0 Å². The molecule has 0 radical (unpaired) electrons. The molecule has 0 unspecified atom stereocenters. The highest BCUT2D eigenvalue weighted by molar-refractivity contribution is 5.87. The van der Waals surface area contributed by atoms with Crippen LogP contribution in [0, 0.1) is 5.92 Å². The second-order valence-corrected chi connectivity index (χ2v) is 7.87. The number of aromatic carboxylic acids is 1. The Labute approximate surface area is 150 Å². The molecule has 0 heterocycles. The second-order valence-electron chi connectivity index (χ2n) is 7.87. The molecule has 0 spiro atoms. The van der Waals surface area contributed by atoms with Crippen LogP contribution in [0.5, 0.6) is 0 Å². The van der Waals surface area contributed by atoms with Gasteiger partial charge in [0, 0.05) is 13.1 Å². The smallest absolute Gasteiger partial charge is 0.410 e. The van der Waals surface area contributed by atoms with Crippen molar-refractivity contribution in [2.45, 2.75) is 65.0 Å². The largest absolute Gasteiger partial charge is 0.478 e. The van der Waals surface area contributed by atoms with Crippen LogP contribution >= 0.6 is 0 Å². The van der Waals surface area contributed by atoms with Crippen LogP contribution in [0.25, 0.3) is 0 Å². The fourth-order valence-electron chi connectivity index (χ4n) is 3.18. The number of ether oxygens (including phenoxy) is 1. The van der Waals surface area contributed by atoms with Gasteiger partial charge < -0.3 is 14.7 Å². The van der Waals surface area contributed by atoms with Crippen molar-refractivity contribution in [1.29, 1.82) is 0 Å². The molecule has 1 fully saturated rings. The zero-order valence-electron chi connectivity index (χ0n) is 15.5. The van der Waals surface area contributed by atoms with E-state index in [-0.39, 0.29) is 11.7 Å². The Kier molecular flexibility index (Phi) is 6.45. The van der Waals surface area contributed by atoms with E-state index in [1.54, 1.807) is 29.2 Å². The van der Waals surface area contributed by atoms with Crippen molar-refractivity contribution < 1.29 is 19.4 Å². The van der Waals surface area contributed by atoms with Crippen LogP contribution in [0.3, 0.4) is 0 Å². The molecule has 1 saturated carbocycles. The van der Waals surface area contributed by atoms with Gasteiger partial charge >= 0.3 is 12.1 Å². The highest BCUT2D eigenvalue weighted by atomic mass is 16.6. The molecule has 1 amide bonds. The molecule has 1 N–H and O–H groups in total. The maximum Gasteiger partial charge on any atom is 0.410 e. The normalized spacial score (nSPS) is 15.6. The lowest BCUT2D eigenvalue weighted by Crippen LogP contribution is -2.39. The van der Waals surface area contributed by atoms with Crippen LogP contribution in [0.1, 0.15) is 68.8 Å². The van der Waals surface area contributed by atoms with Gasteiger partial charge in [0.15, 0.2) is 0 Å². The molecule has 25 heavy (non-hydrogen) atoms. The minimum Gasteiger partial charge on any atom is -0.478 e. The van der Waals surface area contributed by atoms with Crippen molar-refractivity contribution in [3.05, 3.63) is 35.4 Å². The van der Waals surface area contributed by atoms with Gasteiger partial charge in [0.25, 0.3) is 0 Å². The molecule has 1 aliphatic rings. The molecule has 5 nitrogen and oxygen atoms in total. The van der Waals surface area contributed by atoms with Gasteiger partial charge in [0.1, 0.15) is 5.60 Å². The summed E-state index contributed by atoms with van der Waals surface area (Å²) in [5, 5.41) is 9.01. The highest BCUT2D eigenvalue weighted by Gasteiger charge is 2.25. The van der Waals surface area contributed by atoms with Crippen LogP contribution in [-0.2, 0) is 11.3 Å². The van der Waals surface area contributed by atoms with Crippen molar-refractivity contribution in [2.24, 2.45) is 5.92 Å². The fourth-order valence-corrected chi connectivity index (χ4v) is 3.18. The molecular formula is C20H29NO4. The van der Waals surface area contributed by atoms with Gasteiger partial charge in [-0.3, -0.25) is 0 Å². The van der Waals surface area contributed by atoms with Crippen molar-refractivity contribution in [3.8, 4) is 0 Å². The number of hydrogen-bond acceptors (Lipinski definition) is 3. The number of hydrogen-bond donors (Lipinski definition) is 1. The lowest BCUT2D eigenvalue weighted by molar-refractivity contribution is 0.0189. The maximum atomic E-state index is 12.6. The molecule has 1 aromatic carbocycles. The number of carbonyl (C=O) groups is 2. The van der Waals surface area contributed by atoms with Crippen LogP contribution in [-0.4, -0.2) is 34.2 Å². The molecule has 138 valence electrons. The maximum absolute atomic E-state index is 12.6. The zero-order valence-corrected chi connectivity index (χ0v) is 15.5. The van der Waals surface area contributed by atoms with Crippen LogP contribution in [0.15, 0.2) is 24.3 Å². The van der Waals surface area contributed by atoms with E-state index in [9.17, 15) is 9.59 Å². The van der Waals surface area contributed by atoms with Gasteiger partial charge in [-0.15, -0.1) is 0 Å². The number of nitrogens with zero attached hydrogens (tertiary/aromatic N) is 1.